The fraction of sp³-hybridized carbons (Fsp3) is 0.286. The van der Waals surface area contributed by atoms with Gasteiger partial charge in [-0.25, -0.2) is 4.79 Å². The molecule has 0 aromatic heterocycles. The highest BCUT2D eigenvalue weighted by atomic mass is 16.5. The maximum absolute atomic E-state index is 12.0. The smallest absolute Gasteiger partial charge is 0.408 e. The highest BCUT2D eigenvalue weighted by molar-refractivity contribution is 5.95. The fourth-order valence-corrected chi connectivity index (χ4v) is 2.39. The number of amides is 2. The number of carbonyl (C=O) groups excluding carboxylic acids is 2. The van der Waals surface area contributed by atoms with Gasteiger partial charge < -0.3 is 25.8 Å². The summed E-state index contributed by atoms with van der Waals surface area (Å²) in [6, 6.07) is 15.5. The molecular formula is C21H26N4O4. The Kier molecular flexibility index (Phi) is 8.50. The molecule has 0 saturated carbocycles. The van der Waals surface area contributed by atoms with Crippen molar-refractivity contribution in [2.24, 2.45) is 5.73 Å². The molecule has 0 heterocycles. The topological polar surface area (TPSA) is 127 Å². The van der Waals surface area contributed by atoms with Gasteiger partial charge in [-0.2, -0.15) is 0 Å². The summed E-state index contributed by atoms with van der Waals surface area (Å²) < 4.78 is 10.7. The zero-order valence-corrected chi connectivity index (χ0v) is 16.3. The van der Waals surface area contributed by atoms with Gasteiger partial charge in [0.2, 0.25) is 5.91 Å². The van der Waals surface area contributed by atoms with Gasteiger partial charge in [0.05, 0.1) is 6.61 Å². The molecule has 2 rings (SSSR count). The molecule has 1 atom stereocenters. The van der Waals surface area contributed by atoms with Gasteiger partial charge in [0.1, 0.15) is 24.2 Å². The first kappa shape index (κ1) is 21.7. The average molecular weight is 398 g/mol. The summed E-state index contributed by atoms with van der Waals surface area (Å²) in [6.45, 7) is 2.52. The van der Waals surface area contributed by atoms with Crippen molar-refractivity contribution in [1.29, 1.82) is 5.41 Å². The van der Waals surface area contributed by atoms with Crippen LogP contribution < -0.4 is 21.1 Å². The molecule has 29 heavy (non-hydrogen) atoms. The number of benzene rings is 2. The van der Waals surface area contributed by atoms with Crippen LogP contribution in [-0.4, -0.2) is 37.0 Å². The predicted molar refractivity (Wildman–Crippen MR) is 110 cm³/mol. The lowest BCUT2D eigenvalue weighted by Crippen LogP contribution is -2.45. The van der Waals surface area contributed by atoms with Gasteiger partial charge in [-0.15, -0.1) is 0 Å². The predicted octanol–water partition coefficient (Wildman–Crippen LogP) is 2.17. The lowest BCUT2D eigenvalue weighted by molar-refractivity contribution is -0.122. The van der Waals surface area contributed by atoms with Crippen molar-refractivity contribution < 1.29 is 19.1 Å². The Morgan fingerprint density at radius 2 is 1.90 bits per heavy atom. The van der Waals surface area contributed by atoms with Crippen LogP contribution in [0.25, 0.3) is 0 Å². The normalized spacial score (nSPS) is 11.2. The molecule has 0 aliphatic heterocycles. The van der Waals surface area contributed by atoms with E-state index in [1.54, 1.807) is 31.2 Å². The molecule has 2 amide bonds. The van der Waals surface area contributed by atoms with E-state index < -0.39 is 12.1 Å². The van der Waals surface area contributed by atoms with Crippen molar-refractivity contribution in [3.63, 3.8) is 0 Å². The SMILES string of the molecule is C[C@@H](NC(=O)OCc1ccccc1)C(=O)NCCCOc1cccc(C(=N)N)c1. The van der Waals surface area contributed by atoms with Crippen molar-refractivity contribution in [2.75, 3.05) is 13.2 Å². The Morgan fingerprint density at radius 3 is 2.62 bits per heavy atom. The number of nitrogens with one attached hydrogen (secondary N) is 3. The number of hydrogen-bond donors (Lipinski definition) is 4. The Balaban J connectivity index is 1.61. The van der Waals surface area contributed by atoms with E-state index in [1.165, 1.54) is 0 Å². The Hall–Kier alpha value is -3.55. The molecule has 0 bridgehead atoms. The Labute approximate surface area is 169 Å². The number of ether oxygens (including phenoxy) is 2. The van der Waals surface area contributed by atoms with Gasteiger partial charge in [-0.05, 0) is 31.0 Å². The Bertz CT molecular complexity index is 826. The fourth-order valence-electron chi connectivity index (χ4n) is 2.39. The highest BCUT2D eigenvalue weighted by Gasteiger charge is 2.15. The van der Waals surface area contributed by atoms with Crippen LogP contribution in [0.2, 0.25) is 0 Å². The minimum atomic E-state index is -0.716. The van der Waals surface area contributed by atoms with Crippen LogP contribution in [0.1, 0.15) is 24.5 Å². The van der Waals surface area contributed by atoms with Crippen LogP contribution in [0.5, 0.6) is 5.75 Å². The second-order valence-electron chi connectivity index (χ2n) is 6.36. The molecule has 0 aliphatic rings. The van der Waals surface area contributed by atoms with Crippen LogP contribution >= 0.6 is 0 Å². The first-order valence-corrected chi connectivity index (χ1v) is 9.28. The van der Waals surface area contributed by atoms with Crippen molar-refractivity contribution in [1.82, 2.24) is 10.6 Å². The monoisotopic (exact) mass is 398 g/mol. The standard InChI is InChI=1S/C21H26N4O4/c1-15(25-21(27)29-14-16-7-3-2-4-8-16)20(26)24-11-6-12-28-18-10-5-9-17(13-18)19(22)23/h2-5,7-10,13,15H,6,11-12,14H2,1H3,(H3,22,23)(H,24,26)(H,25,27)/t15-/m1/s1. The maximum atomic E-state index is 12.0. The molecule has 0 aliphatic carbocycles. The summed E-state index contributed by atoms with van der Waals surface area (Å²) in [5.74, 6) is 0.284. The number of carbonyl (C=O) groups is 2. The second-order valence-corrected chi connectivity index (χ2v) is 6.36. The number of nitrogen functional groups attached to an aromatic ring is 1. The van der Waals surface area contributed by atoms with E-state index in [2.05, 4.69) is 10.6 Å². The van der Waals surface area contributed by atoms with Crippen LogP contribution in [0.4, 0.5) is 4.79 Å². The number of alkyl carbamates (subject to hydrolysis) is 1. The first-order valence-electron chi connectivity index (χ1n) is 9.28. The lowest BCUT2D eigenvalue weighted by Gasteiger charge is -2.14. The molecule has 0 unspecified atom stereocenters. The molecule has 2 aromatic rings. The third kappa shape index (κ3) is 7.92. The van der Waals surface area contributed by atoms with Crippen LogP contribution in [0.3, 0.4) is 0 Å². The average Bonchev–Trinajstić information content (AvgIpc) is 2.72. The molecule has 0 radical (unpaired) electrons. The summed E-state index contributed by atoms with van der Waals surface area (Å²) in [4.78, 5) is 23.8. The summed E-state index contributed by atoms with van der Waals surface area (Å²) in [6.07, 6.45) is -0.0634. The third-order valence-electron chi connectivity index (χ3n) is 3.97. The molecule has 154 valence electrons. The molecule has 0 fully saturated rings. The van der Waals surface area contributed by atoms with Gasteiger partial charge in [0.15, 0.2) is 0 Å². The van der Waals surface area contributed by atoms with Crippen LogP contribution in [0.15, 0.2) is 54.6 Å². The molecule has 8 nitrogen and oxygen atoms in total. The van der Waals surface area contributed by atoms with Gasteiger partial charge in [0.25, 0.3) is 0 Å². The van der Waals surface area contributed by atoms with Gasteiger partial charge in [0, 0.05) is 12.1 Å². The number of nitrogens with two attached hydrogens (primary N) is 1. The van der Waals surface area contributed by atoms with Crippen molar-refractivity contribution in [3.8, 4) is 5.75 Å². The first-order chi connectivity index (χ1) is 14.0. The van der Waals surface area contributed by atoms with E-state index >= 15 is 0 Å². The van der Waals surface area contributed by atoms with E-state index in [4.69, 9.17) is 20.6 Å². The third-order valence-corrected chi connectivity index (χ3v) is 3.97. The second kappa shape index (κ2) is 11.3. The number of rotatable bonds is 10. The molecule has 5 N–H and O–H groups in total. The van der Waals surface area contributed by atoms with E-state index in [0.717, 1.165) is 5.56 Å². The van der Waals surface area contributed by atoms with E-state index in [1.807, 2.05) is 30.3 Å². The molecular weight excluding hydrogens is 372 g/mol. The van der Waals surface area contributed by atoms with Crippen molar-refractivity contribution in [2.45, 2.75) is 26.0 Å². The molecule has 8 heteroatoms. The molecule has 0 saturated heterocycles. The highest BCUT2D eigenvalue weighted by Crippen LogP contribution is 2.12. The zero-order chi connectivity index (χ0) is 21.1. The van der Waals surface area contributed by atoms with E-state index in [-0.39, 0.29) is 18.3 Å². The quantitative estimate of drug-likeness (QED) is 0.277. The van der Waals surface area contributed by atoms with Crippen molar-refractivity contribution in [3.05, 3.63) is 65.7 Å². The number of hydrogen-bond acceptors (Lipinski definition) is 5. The summed E-state index contributed by atoms with van der Waals surface area (Å²) in [7, 11) is 0. The molecule has 0 spiro atoms. The largest absolute Gasteiger partial charge is 0.494 e. The summed E-state index contributed by atoms with van der Waals surface area (Å²) in [5.41, 5.74) is 6.91. The van der Waals surface area contributed by atoms with E-state index in [9.17, 15) is 9.59 Å². The van der Waals surface area contributed by atoms with Gasteiger partial charge in [-0.1, -0.05) is 42.5 Å². The van der Waals surface area contributed by atoms with E-state index in [0.29, 0.717) is 30.9 Å². The van der Waals surface area contributed by atoms with Crippen LogP contribution in [0, 0.1) is 5.41 Å². The minimum absolute atomic E-state index is 0.0218. The van der Waals surface area contributed by atoms with Crippen molar-refractivity contribution >= 4 is 17.8 Å². The maximum Gasteiger partial charge on any atom is 0.408 e. The Morgan fingerprint density at radius 1 is 1.14 bits per heavy atom. The van der Waals surface area contributed by atoms with Gasteiger partial charge in [-0.3, -0.25) is 10.2 Å². The number of amidine groups is 1. The van der Waals surface area contributed by atoms with Crippen LogP contribution in [-0.2, 0) is 16.1 Å². The summed E-state index contributed by atoms with van der Waals surface area (Å²) >= 11 is 0. The molecule has 2 aromatic carbocycles. The minimum Gasteiger partial charge on any atom is -0.494 e. The lowest BCUT2D eigenvalue weighted by atomic mass is 10.2. The van der Waals surface area contributed by atoms with Gasteiger partial charge >= 0.3 is 6.09 Å². The summed E-state index contributed by atoms with van der Waals surface area (Å²) in [5, 5.41) is 12.6. The zero-order valence-electron chi connectivity index (χ0n) is 16.3.